The lowest BCUT2D eigenvalue weighted by atomic mass is 10.1. The van der Waals surface area contributed by atoms with E-state index >= 15 is 0 Å². The van der Waals surface area contributed by atoms with E-state index in [2.05, 4.69) is 0 Å². The average molecular weight is 239 g/mol. The summed E-state index contributed by atoms with van der Waals surface area (Å²) in [5, 5.41) is 18.2. The van der Waals surface area contributed by atoms with E-state index in [9.17, 15) is 4.79 Å². The van der Waals surface area contributed by atoms with E-state index in [1.807, 2.05) is 6.07 Å². The second-order valence-electron chi connectivity index (χ2n) is 3.36. The van der Waals surface area contributed by atoms with Gasteiger partial charge in [-0.05, 0) is 13.1 Å². The van der Waals surface area contributed by atoms with Gasteiger partial charge in [-0.25, -0.2) is 0 Å². The summed E-state index contributed by atoms with van der Waals surface area (Å²) in [6.45, 7) is -0.205. The van der Waals surface area contributed by atoms with Crippen molar-refractivity contribution >= 4 is 17.6 Å². The van der Waals surface area contributed by atoms with E-state index in [1.165, 1.54) is 4.90 Å². The van der Waals surface area contributed by atoms with E-state index in [4.69, 9.17) is 22.0 Å². The van der Waals surface area contributed by atoms with Crippen molar-refractivity contribution in [1.29, 1.82) is 5.26 Å². The third-order valence-electron chi connectivity index (χ3n) is 2.15. The molecule has 0 aliphatic heterocycles. The van der Waals surface area contributed by atoms with Gasteiger partial charge in [0.1, 0.15) is 6.04 Å². The van der Waals surface area contributed by atoms with Crippen molar-refractivity contribution in [3.63, 3.8) is 0 Å². The van der Waals surface area contributed by atoms with Crippen molar-refractivity contribution in [3.8, 4) is 6.07 Å². The number of benzene rings is 1. The summed E-state index contributed by atoms with van der Waals surface area (Å²) in [6.07, 6.45) is 0. The third kappa shape index (κ3) is 2.96. The number of rotatable bonds is 4. The maximum absolute atomic E-state index is 10.6. The number of halogens is 1. The Morgan fingerprint density at radius 3 is 2.75 bits per heavy atom. The van der Waals surface area contributed by atoms with Gasteiger partial charge in [-0.3, -0.25) is 9.69 Å². The first kappa shape index (κ1) is 12.5. The van der Waals surface area contributed by atoms with Crippen molar-refractivity contribution < 1.29 is 9.90 Å². The Morgan fingerprint density at radius 2 is 2.25 bits per heavy atom. The molecule has 5 heteroatoms. The first-order valence-electron chi connectivity index (χ1n) is 4.62. The summed E-state index contributed by atoms with van der Waals surface area (Å²) in [7, 11) is 1.57. The third-order valence-corrected chi connectivity index (χ3v) is 2.49. The molecule has 4 nitrogen and oxygen atoms in total. The number of carboxylic acid groups (broad SMARTS) is 1. The van der Waals surface area contributed by atoms with Crippen LogP contribution in [0.3, 0.4) is 0 Å². The number of nitrogens with zero attached hydrogens (tertiary/aromatic N) is 2. The summed E-state index contributed by atoms with van der Waals surface area (Å²) >= 11 is 5.95. The van der Waals surface area contributed by atoms with Crippen molar-refractivity contribution in [2.45, 2.75) is 6.04 Å². The molecule has 0 spiro atoms. The molecule has 1 unspecified atom stereocenters. The van der Waals surface area contributed by atoms with E-state index in [-0.39, 0.29) is 6.54 Å². The van der Waals surface area contributed by atoms with Crippen LogP contribution < -0.4 is 0 Å². The van der Waals surface area contributed by atoms with E-state index < -0.39 is 12.0 Å². The molecule has 0 saturated carbocycles. The highest BCUT2D eigenvalue weighted by Gasteiger charge is 2.20. The fraction of sp³-hybridized carbons (Fsp3) is 0.273. The van der Waals surface area contributed by atoms with Crippen LogP contribution in [0.4, 0.5) is 0 Å². The highest BCUT2D eigenvalue weighted by atomic mass is 35.5. The van der Waals surface area contributed by atoms with Crippen LogP contribution in [0.15, 0.2) is 24.3 Å². The molecule has 0 heterocycles. The van der Waals surface area contributed by atoms with Crippen molar-refractivity contribution in [1.82, 2.24) is 4.90 Å². The van der Waals surface area contributed by atoms with Gasteiger partial charge in [-0.15, -0.1) is 0 Å². The topological polar surface area (TPSA) is 64.3 Å². The zero-order valence-electron chi connectivity index (χ0n) is 8.72. The smallest absolute Gasteiger partial charge is 0.317 e. The SMILES string of the molecule is CN(CC(=O)O)C(C#N)c1ccccc1Cl. The van der Waals surface area contributed by atoms with Gasteiger partial charge in [-0.2, -0.15) is 5.26 Å². The Kier molecular flexibility index (Phi) is 4.29. The predicted octanol–water partition coefficient (Wildman–Crippen LogP) is 1.92. The fourth-order valence-corrected chi connectivity index (χ4v) is 1.65. The average Bonchev–Trinajstić information content (AvgIpc) is 2.20. The maximum atomic E-state index is 10.6. The fourth-order valence-electron chi connectivity index (χ4n) is 1.41. The monoisotopic (exact) mass is 238 g/mol. The molecule has 16 heavy (non-hydrogen) atoms. The molecule has 1 rings (SSSR count). The lowest BCUT2D eigenvalue weighted by Crippen LogP contribution is -2.29. The zero-order valence-corrected chi connectivity index (χ0v) is 9.48. The first-order chi connectivity index (χ1) is 7.56. The van der Waals surface area contributed by atoms with Gasteiger partial charge in [0.05, 0.1) is 12.6 Å². The summed E-state index contributed by atoms with van der Waals surface area (Å²) in [5.41, 5.74) is 0.621. The van der Waals surface area contributed by atoms with Gasteiger partial charge in [0.2, 0.25) is 0 Å². The molecule has 1 N–H and O–H groups in total. The molecule has 0 aliphatic rings. The minimum atomic E-state index is -0.977. The van der Waals surface area contributed by atoms with Crippen LogP contribution in [0.1, 0.15) is 11.6 Å². The standard InChI is InChI=1S/C11H11ClN2O2/c1-14(7-11(15)16)10(6-13)8-4-2-3-5-9(8)12/h2-5,10H,7H2,1H3,(H,15,16). The summed E-state index contributed by atoms with van der Waals surface area (Å²) in [5.74, 6) is -0.977. The number of likely N-dealkylation sites (N-methyl/N-ethyl adjacent to an activating group) is 1. The largest absolute Gasteiger partial charge is 0.480 e. The van der Waals surface area contributed by atoms with Crippen molar-refractivity contribution in [2.24, 2.45) is 0 Å². The molecule has 1 aromatic carbocycles. The highest BCUT2D eigenvalue weighted by Crippen LogP contribution is 2.25. The highest BCUT2D eigenvalue weighted by molar-refractivity contribution is 6.31. The molecule has 0 aromatic heterocycles. The minimum absolute atomic E-state index is 0.205. The Hall–Kier alpha value is -1.57. The summed E-state index contributed by atoms with van der Waals surface area (Å²) < 4.78 is 0. The van der Waals surface area contributed by atoms with Crippen LogP contribution in [0.2, 0.25) is 5.02 Å². The second kappa shape index (κ2) is 5.50. The number of hydrogen-bond acceptors (Lipinski definition) is 3. The Balaban J connectivity index is 2.96. The van der Waals surface area contributed by atoms with Gasteiger partial charge in [-0.1, -0.05) is 29.8 Å². The molecular weight excluding hydrogens is 228 g/mol. The molecule has 84 valence electrons. The molecule has 1 atom stereocenters. The van der Waals surface area contributed by atoms with Gasteiger partial charge in [0.25, 0.3) is 0 Å². The van der Waals surface area contributed by atoms with Crippen LogP contribution in [0, 0.1) is 11.3 Å². The maximum Gasteiger partial charge on any atom is 0.317 e. The number of carbonyl (C=O) groups is 1. The van der Waals surface area contributed by atoms with Gasteiger partial charge < -0.3 is 5.11 Å². The zero-order chi connectivity index (χ0) is 12.1. The van der Waals surface area contributed by atoms with Gasteiger partial charge in [0.15, 0.2) is 0 Å². The van der Waals surface area contributed by atoms with Gasteiger partial charge in [0, 0.05) is 10.6 Å². The molecular formula is C11H11ClN2O2. The molecule has 0 aliphatic carbocycles. The molecule has 1 aromatic rings. The van der Waals surface area contributed by atoms with Crippen LogP contribution in [0.25, 0.3) is 0 Å². The molecule has 0 bridgehead atoms. The molecule has 0 fully saturated rings. The molecule has 0 amide bonds. The summed E-state index contributed by atoms with van der Waals surface area (Å²) in [6, 6.07) is 8.31. The van der Waals surface area contributed by atoms with Gasteiger partial charge >= 0.3 is 5.97 Å². The normalized spacial score (nSPS) is 12.1. The van der Waals surface area contributed by atoms with Crippen molar-refractivity contribution in [2.75, 3.05) is 13.6 Å². The van der Waals surface area contributed by atoms with Crippen LogP contribution >= 0.6 is 11.6 Å². The molecule has 0 radical (unpaired) electrons. The summed E-state index contributed by atoms with van der Waals surface area (Å²) in [4.78, 5) is 12.0. The van der Waals surface area contributed by atoms with Crippen molar-refractivity contribution in [3.05, 3.63) is 34.9 Å². The second-order valence-corrected chi connectivity index (χ2v) is 3.77. The lowest BCUT2D eigenvalue weighted by molar-refractivity contribution is -0.138. The number of nitriles is 1. The lowest BCUT2D eigenvalue weighted by Gasteiger charge is -2.21. The quantitative estimate of drug-likeness (QED) is 0.871. The van der Waals surface area contributed by atoms with E-state index in [1.54, 1.807) is 31.3 Å². The predicted molar refractivity (Wildman–Crippen MR) is 60.1 cm³/mol. The Bertz CT molecular complexity index is 428. The van der Waals surface area contributed by atoms with E-state index in [0.29, 0.717) is 10.6 Å². The minimum Gasteiger partial charge on any atom is -0.480 e. The number of aliphatic carboxylic acids is 1. The Morgan fingerprint density at radius 1 is 1.62 bits per heavy atom. The van der Waals surface area contributed by atoms with Crippen LogP contribution in [0.5, 0.6) is 0 Å². The van der Waals surface area contributed by atoms with Crippen LogP contribution in [-0.4, -0.2) is 29.6 Å². The Labute approximate surface area is 98.7 Å². The van der Waals surface area contributed by atoms with Crippen LogP contribution in [-0.2, 0) is 4.79 Å². The number of carboxylic acids is 1. The first-order valence-corrected chi connectivity index (χ1v) is 5.00. The molecule has 0 saturated heterocycles. The van der Waals surface area contributed by atoms with E-state index in [0.717, 1.165) is 0 Å². The number of hydrogen-bond donors (Lipinski definition) is 1.